The van der Waals surface area contributed by atoms with Crippen LogP contribution in [0.15, 0.2) is 78.9 Å². The molecule has 3 aromatic rings. The Kier molecular flexibility index (Phi) is 8.48. The molecule has 0 radical (unpaired) electrons. The number of rotatable bonds is 11. The molecule has 3 rings (SSSR count). The number of ether oxygens (including phenoxy) is 3. The van der Waals surface area contributed by atoms with E-state index in [9.17, 15) is 4.79 Å². The van der Waals surface area contributed by atoms with Crippen LogP contribution in [0.3, 0.4) is 0 Å². The van der Waals surface area contributed by atoms with Crippen molar-refractivity contribution in [2.45, 2.75) is 25.7 Å². The molecule has 3 aromatic carbocycles. The zero-order chi connectivity index (χ0) is 21.0. The average Bonchev–Trinajstić information content (AvgIpc) is 2.78. The number of benzene rings is 3. The highest BCUT2D eigenvalue weighted by atomic mass is 16.5. The molecule has 0 fully saturated rings. The smallest absolute Gasteiger partial charge is 0.315 e. The van der Waals surface area contributed by atoms with Crippen LogP contribution < -0.4 is 9.47 Å². The summed E-state index contributed by atoms with van der Waals surface area (Å²) in [6.45, 7) is 1.52. The topological polar surface area (TPSA) is 44.8 Å². The normalized spacial score (nSPS) is 10.6. The monoisotopic (exact) mass is 404 g/mol. The van der Waals surface area contributed by atoms with E-state index in [2.05, 4.69) is 0 Å². The van der Waals surface area contributed by atoms with E-state index < -0.39 is 0 Å². The second-order valence-electron chi connectivity index (χ2n) is 7.09. The van der Waals surface area contributed by atoms with Crippen molar-refractivity contribution in [1.82, 2.24) is 0 Å². The molecule has 0 aromatic heterocycles. The molecule has 0 atom stereocenters. The van der Waals surface area contributed by atoms with Gasteiger partial charge in [-0.3, -0.25) is 4.79 Å². The lowest BCUT2D eigenvalue weighted by Gasteiger charge is -2.08. The highest BCUT2D eigenvalue weighted by Crippen LogP contribution is 2.25. The zero-order valence-electron chi connectivity index (χ0n) is 17.4. The van der Waals surface area contributed by atoms with Gasteiger partial charge in [0.2, 0.25) is 0 Å². The summed E-state index contributed by atoms with van der Waals surface area (Å²) in [4.78, 5) is 12.1. The molecule has 0 unspecified atom stereocenters. The average molecular weight is 405 g/mol. The van der Waals surface area contributed by atoms with Crippen LogP contribution in [0.5, 0.6) is 11.5 Å². The van der Waals surface area contributed by atoms with E-state index in [1.807, 2.05) is 78.9 Å². The number of carbonyl (C=O) groups is 1. The van der Waals surface area contributed by atoms with Crippen LogP contribution in [0, 0.1) is 0 Å². The highest BCUT2D eigenvalue weighted by Gasteiger charge is 2.07. The third-order valence-corrected chi connectivity index (χ3v) is 4.73. The van der Waals surface area contributed by atoms with E-state index >= 15 is 0 Å². The first kappa shape index (κ1) is 21.6. The summed E-state index contributed by atoms with van der Waals surface area (Å²) < 4.78 is 16.3. The summed E-state index contributed by atoms with van der Waals surface area (Å²) in [5.74, 6) is 1.16. The Labute approximate surface area is 178 Å². The van der Waals surface area contributed by atoms with Crippen LogP contribution in [0.4, 0.5) is 0 Å². The molecule has 0 aliphatic carbocycles. The van der Waals surface area contributed by atoms with Gasteiger partial charge in [0.25, 0.3) is 0 Å². The SMILES string of the molecule is COCCCCCOc1ccc(-c2ccc(OC(=O)Cc3ccccc3)cc2)cc1. The van der Waals surface area contributed by atoms with E-state index in [0.717, 1.165) is 48.3 Å². The lowest BCUT2D eigenvalue weighted by Crippen LogP contribution is -2.11. The predicted molar refractivity (Wildman–Crippen MR) is 119 cm³/mol. The van der Waals surface area contributed by atoms with Crippen molar-refractivity contribution >= 4 is 5.97 Å². The largest absolute Gasteiger partial charge is 0.494 e. The Morgan fingerprint density at radius 1 is 0.700 bits per heavy atom. The molecule has 30 heavy (non-hydrogen) atoms. The first-order valence-electron chi connectivity index (χ1n) is 10.3. The lowest BCUT2D eigenvalue weighted by molar-refractivity contribution is -0.133. The van der Waals surface area contributed by atoms with Crippen molar-refractivity contribution in [3.05, 3.63) is 84.4 Å². The molecular formula is C26H28O4. The van der Waals surface area contributed by atoms with Gasteiger partial charge in [-0.25, -0.2) is 0 Å². The fourth-order valence-corrected chi connectivity index (χ4v) is 3.10. The first-order chi connectivity index (χ1) is 14.7. The van der Waals surface area contributed by atoms with Crippen molar-refractivity contribution in [1.29, 1.82) is 0 Å². The Morgan fingerprint density at radius 2 is 1.30 bits per heavy atom. The quantitative estimate of drug-likeness (QED) is 0.234. The number of esters is 1. The van der Waals surface area contributed by atoms with Crippen molar-refractivity contribution in [2.75, 3.05) is 20.3 Å². The van der Waals surface area contributed by atoms with Gasteiger partial charge < -0.3 is 14.2 Å². The number of unbranched alkanes of at least 4 members (excludes halogenated alkanes) is 2. The van der Waals surface area contributed by atoms with E-state index in [1.54, 1.807) is 7.11 Å². The number of methoxy groups -OCH3 is 1. The van der Waals surface area contributed by atoms with Crippen LogP contribution in [-0.4, -0.2) is 26.3 Å². The van der Waals surface area contributed by atoms with Crippen LogP contribution in [-0.2, 0) is 16.0 Å². The summed E-state index contributed by atoms with van der Waals surface area (Å²) in [7, 11) is 1.73. The van der Waals surface area contributed by atoms with Gasteiger partial charge in [0, 0.05) is 13.7 Å². The summed E-state index contributed by atoms with van der Waals surface area (Å²) in [6.07, 6.45) is 3.45. The molecule has 0 spiro atoms. The Morgan fingerprint density at radius 3 is 1.93 bits per heavy atom. The summed E-state index contributed by atoms with van der Waals surface area (Å²) in [6, 6.07) is 25.2. The van der Waals surface area contributed by atoms with Gasteiger partial charge in [0.15, 0.2) is 0 Å². The summed E-state index contributed by atoms with van der Waals surface area (Å²) in [5.41, 5.74) is 3.09. The maximum Gasteiger partial charge on any atom is 0.315 e. The van der Waals surface area contributed by atoms with Gasteiger partial charge >= 0.3 is 5.97 Å². The van der Waals surface area contributed by atoms with Crippen molar-refractivity contribution in [3.8, 4) is 22.6 Å². The van der Waals surface area contributed by atoms with E-state index in [0.29, 0.717) is 12.4 Å². The van der Waals surface area contributed by atoms with Crippen molar-refractivity contribution < 1.29 is 19.0 Å². The summed E-state index contributed by atoms with van der Waals surface area (Å²) in [5, 5.41) is 0. The highest BCUT2D eigenvalue weighted by molar-refractivity contribution is 5.75. The van der Waals surface area contributed by atoms with E-state index in [1.165, 1.54) is 0 Å². The van der Waals surface area contributed by atoms with Gasteiger partial charge in [-0.2, -0.15) is 0 Å². The molecule has 0 bridgehead atoms. The van der Waals surface area contributed by atoms with Crippen molar-refractivity contribution in [2.24, 2.45) is 0 Å². The fraction of sp³-hybridized carbons (Fsp3) is 0.269. The maximum atomic E-state index is 12.1. The predicted octanol–water partition coefficient (Wildman–Crippen LogP) is 5.70. The van der Waals surface area contributed by atoms with Gasteiger partial charge in [-0.15, -0.1) is 0 Å². The Balaban J connectivity index is 1.47. The molecule has 0 N–H and O–H groups in total. The third kappa shape index (κ3) is 7.05. The molecule has 0 aliphatic heterocycles. The number of hydrogen-bond donors (Lipinski definition) is 0. The van der Waals surface area contributed by atoms with Gasteiger partial charge in [0.1, 0.15) is 11.5 Å². The second-order valence-corrected chi connectivity index (χ2v) is 7.09. The van der Waals surface area contributed by atoms with Gasteiger partial charge in [-0.1, -0.05) is 54.6 Å². The molecule has 156 valence electrons. The van der Waals surface area contributed by atoms with Crippen LogP contribution in [0.1, 0.15) is 24.8 Å². The molecule has 4 nitrogen and oxygen atoms in total. The molecule has 0 saturated carbocycles. The first-order valence-corrected chi connectivity index (χ1v) is 10.3. The Bertz CT molecular complexity index is 887. The molecule has 4 heteroatoms. The minimum Gasteiger partial charge on any atom is -0.494 e. The standard InChI is InChI=1S/C26H28O4/c1-28-18-6-3-7-19-29-24-14-10-22(11-15-24)23-12-16-25(17-13-23)30-26(27)20-21-8-4-2-5-9-21/h2,4-5,8-17H,3,6-7,18-20H2,1H3. The third-order valence-electron chi connectivity index (χ3n) is 4.73. The van der Waals surface area contributed by atoms with Crippen molar-refractivity contribution in [3.63, 3.8) is 0 Å². The fourth-order valence-electron chi connectivity index (χ4n) is 3.10. The minimum atomic E-state index is -0.266. The van der Waals surface area contributed by atoms with Crippen LogP contribution in [0.2, 0.25) is 0 Å². The zero-order valence-corrected chi connectivity index (χ0v) is 17.4. The lowest BCUT2D eigenvalue weighted by atomic mass is 10.1. The van der Waals surface area contributed by atoms with Gasteiger partial charge in [-0.05, 0) is 60.2 Å². The summed E-state index contributed by atoms with van der Waals surface area (Å²) >= 11 is 0. The maximum absolute atomic E-state index is 12.1. The van der Waals surface area contributed by atoms with Gasteiger partial charge in [0.05, 0.1) is 13.0 Å². The number of hydrogen-bond acceptors (Lipinski definition) is 4. The molecular weight excluding hydrogens is 376 g/mol. The molecule has 0 saturated heterocycles. The molecule has 0 amide bonds. The second kappa shape index (κ2) is 11.8. The van der Waals surface area contributed by atoms with Crippen LogP contribution >= 0.6 is 0 Å². The van der Waals surface area contributed by atoms with E-state index in [4.69, 9.17) is 14.2 Å². The molecule has 0 aliphatic rings. The molecule has 0 heterocycles. The van der Waals surface area contributed by atoms with Crippen LogP contribution in [0.25, 0.3) is 11.1 Å². The minimum absolute atomic E-state index is 0.260. The number of carbonyl (C=O) groups excluding carboxylic acids is 1. The Hall–Kier alpha value is -3.11. The van der Waals surface area contributed by atoms with E-state index in [-0.39, 0.29) is 12.4 Å².